The maximum atomic E-state index is 11.3. The van der Waals surface area contributed by atoms with E-state index in [1.54, 1.807) is 0 Å². The Hall–Kier alpha value is -1.71. The van der Waals surface area contributed by atoms with Gasteiger partial charge in [0, 0.05) is 6.54 Å². The van der Waals surface area contributed by atoms with Crippen LogP contribution in [0.4, 0.5) is 10.5 Å². The van der Waals surface area contributed by atoms with Crippen molar-refractivity contribution in [2.45, 2.75) is 26.3 Å². The molecule has 0 aliphatic rings. The number of amides is 1. The lowest BCUT2D eigenvalue weighted by Crippen LogP contribution is -2.24. The minimum Gasteiger partial charge on any atom is -0.450 e. The number of rotatable bonds is 6. The first-order valence-electron chi connectivity index (χ1n) is 5.83. The number of alkyl carbamates (subject to hydrolysis) is 1. The van der Waals surface area contributed by atoms with Crippen LogP contribution in [0.5, 0.6) is 0 Å². The van der Waals surface area contributed by atoms with Gasteiger partial charge >= 0.3 is 6.09 Å². The molecule has 0 bridgehead atoms. The van der Waals surface area contributed by atoms with E-state index in [2.05, 4.69) is 27.7 Å². The summed E-state index contributed by atoms with van der Waals surface area (Å²) < 4.78 is 4.97. The molecule has 0 spiro atoms. The monoisotopic (exact) mass is 264 g/mol. The van der Waals surface area contributed by atoms with Gasteiger partial charge in [0.25, 0.3) is 0 Å². The number of aliphatic imine (C=N–C) groups is 1. The highest BCUT2D eigenvalue weighted by molar-refractivity contribution is 7.78. The van der Waals surface area contributed by atoms with Gasteiger partial charge < -0.3 is 10.1 Å². The Morgan fingerprint density at radius 2 is 2.17 bits per heavy atom. The first kappa shape index (κ1) is 14.4. The van der Waals surface area contributed by atoms with Crippen LogP contribution in [0.2, 0.25) is 0 Å². The normalized spacial score (nSPS) is 9.39. The molecule has 96 valence electrons. The Morgan fingerprint density at radius 3 is 2.78 bits per heavy atom. The van der Waals surface area contributed by atoms with Crippen molar-refractivity contribution in [1.82, 2.24) is 5.32 Å². The molecule has 0 atom stereocenters. The number of hydrogen-bond donors (Lipinski definition) is 1. The van der Waals surface area contributed by atoms with Gasteiger partial charge in [-0.15, -0.1) is 0 Å². The third-order valence-corrected chi connectivity index (χ3v) is 2.37. The first-order valence-corrected chi connectivity index (χ1v) is 6.24. The maximum absolute atomic E-state index is 11.3. The molecule has 1 N–H and O–H groups in total. The third-order valence-electron chi connectivity index (χ3n) is 2.28. The van der Waals surface area contributed by atoms with Crippen molar-refractivity contribution in [1.29, 1.82) is 0 Å². The topological polar surface area (TPSA) is 50.7 Å². The molecule has 0 aromatic heterocycles. The zero-order valence-electron chi connectivity index (χ0n) is 10.3. The van der Waals surface area contributed by atoms with E-state index in [0.29, 0.717) is 13.2 Å². The second kappa shape index (κ2) is 8.39. The molecule has 0 fully saturated rings. The Labute approximate surface area is 112 Å². The molecule has 0 unspecified atom stereocenters. The van der Waals surface area contributed by atoms with E-state index in [1.165, 1.54) is 0 Å². The van der Waals surface area contributed by atoms with Crippen molar-refractivity contribution < 1.29 is 9.53 Å². The fourth-order valence-electron chi connectivity index (χ4n) is 1.28. The Kier molecular flexibility index (Phi) is 6.69. The van der Waals surface area contributed by atoms with Crippen LogP contribution in [-0.4, -0.2) is 17.9 Å². The zero-order valence-corrected chi connectivity index (χ0v) is 11.1. The summed E-state index contributed by atoms with van der Waals surface area (Å²) in [7, 11) is 0. The lowest BCUT2D eigenvalue weighted by atomic mass is 10.2. The number of benzene rings is 1. The molecule has 18 heavy (non-hydrogen) atoms. The SMILES string of the molecule is CCCCOC(=O)NCc1ccc(N=C=S)cc1. The second-order valence-corrected chi connectivity index (χ2v) is 3.90. The largest absolute Gasteiger partial charge is 0.450 e. The van der Waals surface area contributed by atoms with E-state index in [-0.39, 0.29) is 6.09 Å². The van der Waals surface area contributed by atoms with Crippen molar-refractivity contribution >= 4 is 29.2 Å². The number of nitrogens with one attached hydrogen (secondary N) is 1. The number of ether oxygens (including phenoxy) is 1. The Balaban J connectivity index is 2.34. The molecule has 1 amide bonds. The quantitative estimate of drug-likeness (QED) is 0.486. The number of carbonyl (C=O) groups is 1. The van der Waals surface area contributed by atoms with Crippen molar-refractivity contribution in [2.24, 2.45) is 4.99 Å². The van der Waals surface area contributed by atoms with Gasteiger partial charge in [0.2, 0.25) is 0 Å². The molecule has 0 aliphatic heterocycles. The van der Waals surface area contributed by atoms with Gasteiger partial charge in [-0.25, -0.2) is 4.79 Å². The number of hydrogen-bond acceptors (Lipinski definition) is 4. The lowest BCUT2D eigenvalue weighted by molar-refractivity contribution is 0.144. The summed E-state index contributed by atoms with van der Waals surface area (Å²) >= 11 is 4.51. The average Bonchev–Trinajstić information content (AvgIpc) is 2.39. The molecule has 0 saturated heterocycles. The summed E-state index contributed by atoms with van der Waals surface area (Å²) in [6.45, 7) is 2.95. The number of unbranched alkanes of at least 4 members (excludes halogenated alkanes) is 1. The minimum absolute atomic E-state index is 0.385. The fourth-order valence-corrected chi connectivity index (χ4v) is 1.38. The van der Waals surface area contributed by atoms with E-state index < -0.39 is 0 Å². The molecule has 0 aliphatic carbocycles. The van der Waals surface area contributed by atoms with Crippen molar-refractivity contribution in [2.75, 3.05) is 6.61 Å². The Morgan fingerprint density at radius 1 is 1.44 bits per heavy atom. The van der Waals surface area contributed by atoms with Gasteiger partial charge in [0.1, 0.15) is 0 Å². The molecule has 1 rings (SSSR count). The van der Waals surface area contributed by atoms with Crippen LogP contribution in [0.3, 0.4) is 0 Å². The summed E-state index contributed by atoms with van der Waals surface area (Å²) in [6, 6.07) is 7.38. The summed E-state index contributed by atoms with van der Waals surface area (Å²) in [5.74, 6) is 0. The van der Waals surface area contributed by atoms with E-state index in [9.17, 15) is 4.79 Å². The molecular formula is C13H16N2O2S. The van der Waals surface area contributed by atoms with Crippen LogP contribution in [0.1, 0.15) is 25.3 Å². The number of thiocarbonyl (C=S) groups is 1. The third kappa shape index (κ3) is 5.57. The highest BCUT2D eigenvalue weighted by Crippen LogP contribution is 2.11. The minimum atomic E-state index is -0.385. The van der Waals surface area contributed by atoms with Gasteiger partial charge in [0.05, 0.1) is 17.5 Å². The molecule has 1 aromatic rings. The lowest BCUT2D eigenvalue weighted by Gasteiger charge is -2.06. The van der Waals surface area contributed by atoms with Crippen LogP contribution < -0.4 is 5.32 Å². The predicted molar refractivity (Wildman–Crippen MR) is 74.2 cm³/mol. The smallest absolute Gasteiger partial charge is 0.407 e. The van der Waals surface area contributed by atoms with Crippen molar-refractivity contribution in [3.05, 3.63) is 29.8 Å². The standard InChI is InChI=1S/C13H16N2O2S/c1-2-3-8-17-13(16)14-9-11-4-6-12(7-5-11)15-10-18/h4-7H,2-3,8-9H2,1H3,(H,14,16). The number of nitrogens with zero attached hydrogens (tertiary/aromatic N) is 1. The zero-order chi connectivity index (χ0) is 13.2. The Bertz CT molecular complexity index is 425. The molecule has 5 heteroatoms. The van der Waals surface area contributed by atoms with Crippen LogP contribution in [0.15, 0.2) is 29.3 Å². The van der Waals surface area contributed by atoms with Crippen LogP contribution in [-0.2, 0) is 11.3 Å². The molecular weight excluding hydrogens is 248 g/mol. The second-order valence-electron chi connectivity index (χ2n) is 3.71. The first-order chi connectivity index (χ1) is 8.76. The van der Waals surface area contributed by atoms with Crippen LogP contribution in [0.25, 0.3) is 0 Å². The molecule has 1 aromatic carbocycles. The van der Waals surface area contributed by atoms with E-state index in [0.717, 1.165) is 24.1 Å². The summed E-state index contributed by atoms with van der Waals surface area (Å²) in [5, 5.41) is 4.98. The molecule has 4 nitrogen and oxygen atoms in total. The summed E-state index contributed by atoms with van der Waals surface area (Å²) in [5.41, 5.74) is 1.73. The highest BCUT2D eigenvalue weighted by atomic mass is 32.1. The van der Waals surface area contributed by atoms with Crippen LogP contribution in [0, 0.1) is 0 Å². The predicted octanol–water partition coefficient (Wildman–Crippen LogP) is 3.45. The summed E-state index contributed by atoms with van der Waals surface area (Å²) in [6.07, 6.45) is 1.51. The van der Waals surface area contributed by atoms with E-state index in [1.807, 2.05) is 31.2 Å². The summed E-state index contributed by atoms with van der Waals surface area (Å²) in [4.78, 5) is 15.1. The highest BCUT2D eigenvalue weighted by Gasteiger charge is 2.01. The van der Waals surface area contributed by atoms with E-state index >= 15 is 0 Å². The van der Waals surface area contributed by atoms with Gasteiger partial charge in [-0.1, -0.05) is 25.5 Å². The molecule has 0 heterocycles. The number of isothiocyanates is 1. The molecule has 0 saturated carbocycles. The fraction of sp³-hybridized carbons (Fsp3) is 0.385. The number of carbonyl (C=O) groups excluding carboxylic acids is 1. The molecule has 0 radical (unpaired) electrons. The van der Waals surface area contributed by atoms with Crippen molar-refractivity contribution in [3.8, 4) is 0 Å². The van der Waals surface area contributed by atoms with Gasteiger partial charge in [-0.2, -0.15) is 4.99 Å². The average molecular weight is 264 g/mol. The van der Waals surface area contributed by atoms with E-state index in [4.69, 9.17) is 4.74 Å². The van der Waals surface area contributed by atoms with Crippen molar-refractivity contribution in [3.63, 3.8) is 0 Å². The van der Waals surface area contributed by atoms with Gasteiger partial charge in [0.15, 0.2) is 0 Å². The van der Waals surface area contributed by atoms with Gasteiger partial charge in [-0.3, -0.25) is 0 Å². The van der Waals surface area contributed by atoms with Gasteiger partial charge in [-0.05, 0) is 36.3 Å². The van der Waals surface area contributed by atoms with Crippen LogP contribution >= 0.6 is 12.2 Å². The maximum Gasteiger partial charge on any atom is 0.407 e.